The van der Waals surface area contributed by atoms with Crippen LogP contribution in [0.5, 0.6) is 0 Å². The summed E-state index contributed by atoms with van der Waals surface area (Å²) in [6.45, 7) is 11.4. The van der Waals surface area contributed by atoms with Gasteiger partial charge in [0.25, 0.3) is 0 Å². The van der Waals surface area contributed by atoms with E-state index < -0.39 is 0 Å². The summed E-state index contributed by atoms with van der Waals surface area (Å²) in [4.78, 5) is 0. The maximum atomic E-state index is 6.06. The second-order valence-corrected chi connectivity index (χ2v) is 12.3. The van der Waals surface area contributed by atoms with Crippen molar-refractivity contribution in [1.29, 1.82) is 0 Å². The lowest BCUT2D eigenvalue weighted by molar-refractivity contribution is -0.0581. The first-order valence-corrected chi connectivity index (χ1v) is 13.4. The van der Waals surface area contributed by atoms with Crippen molar-refractivity contribution in [2.24, 2.45) is 46.2 Å². The summed E-state index contributed by atoms with van der Waals surface area (Å²) in [6.07, 6.45) is 20.0. The summed E-state index contributed by atoms with van der Waals surface area (Å²) in [7, 11) is 0. The molecule has 3 fully saturated rings. The van der Waals surface area contributed by atoms with Crippen LogP contribution in [-0.2, 0) is 4.74 Å². The van der Waals surface area contributed by atoms with Crippen LogP contribution in [0.2, 0.25) is 0 Å². The fourth-order valence-electron chi connectivity index (χ4n) is 8.53. The molecule has 0 radical (unpaired) electrons. The highest BCUT2D eigenvalue weighted by Crippen LogP contribution is 2.66. The third-order valence-corrected chi connectivity index (χ3v) is 10.3. The van der Waals surface area contributed by atoms with Crippen molar-refractivity contribution in [2.75, 3.05) is 13.2 Å². The number of unbranched alkanes of at least 4 members (excludes halogenated alkanes) is 1. The molecule has 2 heteroatoms. The standard InChI is InChI=1S/C28H49NO/c1-20(2)7-5-6-8-21-10-12-25-24-11-9-22-19-23(30-18-17-29)13-15-28(22,4)26(24)14-16-27(21,25)3/h9,20-21,23-26H,5-8,10-19,29H2,1-4H3/t21-,23-,24?,25?,26?,27?,28?/m0/s1. The van der Waals surface area contributed by atoms with Crippen LogP contribution in [-0.4, -0.2) is 19.3 Å². The van der Waals surface area contributed by atoms with E-state index >= 15 is 0 Å². The second kappa shape index (κ2) is 9.26. The summed E-state index contributed by atoms with van der Waals surface area (Å²) in [5.74, 6) is 4.71. The van der Waals surface area contributed by atoms with Crippen LogP contribution in [0.25, 0.3) is 0 Å². The van der Waals surface area contributed by atoms with E-state index in [9.17, 15) is 0 Å². The summed E-state index contributed by atoms with van der Waals surface area (Å²) in [5, 5.41) is 0. The van der Waals surface area contributed by atoms with Crippen molar-refractivity contribution < 1.29 is 4.74 Å². The fraction of sp³-hybridized carbons (Fsp3) is 0.929. The van der Waals surface area contributed by atoms with Crippen LogP contribution in [0.3, 0.4) is 0 Å². The molecule has 4 aliphatic rings. The molecule has 4 rings (SSSR count). The van der Waals surface area contributed by atoms with Crippen LogP contribution in [0, 0.1) is 40.4 Å². The zero-order valence-electron chi connectivity index (χ0n) is 20.4. The van der Waals surface area contributed by atoms with Crippen molar-refractivity contribution in [1.82, 2.24) is 0 Å². The number of nitrogens with two attached hydrogens (primary N) is 1. The lowest BCUT2D eigenvalue weighted by Crippen LogP contribution is -2.50. The van der Waals surface area contributed by atoms with Gasteiger partial charge in [0.2, 0.25) is 0 Å². The molecule has 0 aliphatic heterocycles. The van der Waals surface area contributed by atoms with E-state index in [1.54, 1.807) is 5.57 Å². The van der Waals surface area contributed by atoms with Crippen LogP contribution >= 0.6 is 0 Å². The average molecular weight is 416 g/mol. The van der Waals surface area contributed by atoms with Crippen molar-refractivity contribution in [3.05, 3.63) is 11.6 Å². The molecular formula is C28H49NO. The molecule has 0 amide bonds. The van der Waals surface area contributed by atoms with Crippen LogP contribution in [0.4, 0.5) is 0 Å². The number of allylic oxidation sites excluding steroid dienone is 1. The number of hydrogen-bond acceptors (Lipinski definition) is 2. The summed E-state index contributed by atoms with van der Waals surface area (Å²) >= 11 is 0. The van der Waals surface area contributed by atoms with Gasteiger partial charge in [-0.1, -0.05) is 58.6 Å². The van der Waals surface area contributed by atoms with Gasteiger partial charge in [0.05, 0.1) is 12.7 Å². The first-order chi connectivity index (χ1) is 14.4. The molecule has 2 N–H and O–H groups in total. The van der Waals surface area contributed by atoms with Crippen LogP contribution < -0.4 is 5.73 Å². The van der Waals surface area contributed by atoms with Gasteiger partial charge in [0, 0.05) is 6.54 Å². The molecule has 0 aromatic heterocycles. The summed E-state index contributed by atoms with van der Waals surface area (Å²) in [6, 6.07) is 0. The van der Waals surface area contributed by atoms with E-state index in [-0.39, 0.29) is 0 Å². The van der Waals surface area contributed by atoms with Gasteiger partial charge in [-0.3, -0.25) is 0 Å². The molecule has 172 valence electrons. The lowest BCUT2D eigenvalue weighted by atomic mass is 9.47. The Kier molecular flexibility index (Phi) is 7.05. The zero-order valence-corrected chi connectivity index (χ0v) is 20.4. The molecule has 30 heavy (non-hydrogen) atoms. The monoisotopic (exact) mass is 415 g/mol. The molecule has 0 aromatic rings. The molecule has 0 spiro atoms. The molecule has 0 bridgehead atoms. The maximum absolute atomic E-state index is 6.06. The maximum Gasteiger partial charge on any atom is 0.0613 e. The Bertz CT molecular complexity index is 612. The summed E-state index contributed by atoms with van der Waals surface area (Å²) < 4.78 is 6.06. The number of fused-ring (bicyclic) bond motifs is 5. The van der Waals surface area contributed by atoms with Crippen molar-refractivity contribution in [3.63, 3.8) is 0 Å². The molecule has 3 saturated carbocycles. The predicted molar refractivity (Wildman–Crippen MR) is 127 cm³/mol. The highest BCUT2D eigenvalue weighted by Gasteiger charge is 2.58. The van der Waals surface area contributed by atoms with Gasteiger partial charge in [-0.2, -0.15) is 0 Å². The Morgan fingerprint density at radius 3 is 2.67 bits per heavy atom. The van der Waals surface area contributed by atoms with E-state index in [4.69, 9.17) is 10.5 Å². The SMILES string of the molecule is CC(C)CCCC[C@H]1CCC2C3CC=C4C[C@@H](OCCN)CCC4(C)C3CCC21C. The topological polar surface area (TPSA) is 35.2 Å². The van der Waals surface area contributed by atoms with Gasteiger partial charge >= 0.3 is 0 Å². The third kappa shape index (κ3) is 4.17. The Morgan fingerprint density at radius 2 is 1.90 bits per heavy atom. The number of ether oxygens (including phenoxy) is 1. The molecule has 5 unspecified atom stereocenters. The quantitative estimate of drug-likeness (QED) is 0.338. The molecule has 0 saturated heterocycles. The third-order valence-electron chi connectivity index (χ3n) is 10.3. The van der Waals surface area contributed by atoms with E-state index in [1.165, 1.54) is 77.0 Å². The molecule has 0 heterocycles. The number of rotatable bonds is 8. The molecule has 7 atom stereocenters. The Morgan fingerprint density at radius 1 is 1.07 bits per heavy atom. The molecular weight excluding hydrogens is 366 g/mol. The first-order valence-electron chi connectivity index (χ1n) is 13.4. The van der Waals surface area contributed by atoms with E-state index in [1.807, 2.05) is 0 Å². The Balaban J connectivity index is 1.42. The summed E-state index contributed by atoms with van der Waals surface area (Å²) in [5.41, 5.74) is 8.49. The minimum Gasteiger partial charge on any atom is -0.377 e. The van der Waals surface area contributed by atoms with Gasteiger partial charge in [-0.25, -0.2) is 0 Å². The highest BCUT2D eigenvalue weighted by molar-refractivity contribution is 5.25. The molecule has 2 nitrogen and oxygen atoms in total. The number of hydrogen-bond donors (Lipinski definition) is 1. The first kappa shape index (κ1) is 22.8. The smallest absolute Gasteiger partial charge is 0.0613 e. The van der Waals surface area contributed by atoms with Gasteiger partial charge < -0.3 is 10.5 Å². The minimum absolute atomic E-state index is 0.417. The zero-order chi connectivity index (χ0) is 21.4. The van der Waals surface area contributed by atoms with E-state index in [0.717, 1.165) is 36.2 Å². The van der Waals surface area contributed by atoms with Gasteiger partial charge in [-0.05, 0) is 98.2 Å². The second-order valence-electron chi connectivity index (χ2n) is 12.3. The molecule has 4 aliphatic carbocycles. The van der Waals surface area contributed by atoms with E-state index in [2.05, 4.69) is 33.8 Å². The largest absolute Gasteiger partial charge is 0.377 e. The minimum atomic E-state index is 0.417. The Labute approximate surface area is 186 Å². The van der Waals surface area contributed by atoms with Crippen LogP contribution in [0.15, 0.2) is 11.6 Å². The fourth-order valence-corrected chi connectivity index (χ4v) is 8.53. The lowest BCUT2D eigenvalue weighted by Gasteiger charge is -2.58. The van der Waals surface area contributed by atoms with Crippen molar-refractivity contribution in [3.8, 4) is 0 Å². The Hall–Kier alpha value is -0.340. The molecule has 0 aromatic carbocycles. The van der Waals surface area contributed by atoms with E-state index in [0.29, 0.717) is 23.5 Å². The van der Waals surface area contributed by atoms with Gasteiger partial charge in [-0.15, -0.1) is 0 Å². The predicted octanol–water partition coefficient (Wildman–Crippen LogP) is 7.13. The highest BCUT2D eigenvalue weighted by atomic mass is 16.5. The van der Waals surface area contributed by atoms with Gasteiger partial charge in [0.15, 0.2) is 0 Å². The van der Waals surface area contributed by atoms with Gasteiger partial charge in [0.1, 0.15) is 0 Å². The van der Waals surface area contributed by atoms with Crippen LogP contribution in [0.1, 0.15) is 105 Å². The average Bonchev–Trinajstić information content (AvgIpc) is 3.05. The van der Waals surface area contributed by atoms with Crippen molar-refractivity contribution >= 4 is 0 Å². The normalized spacial score (nSPS) is 43.1. The van der Waals surface area contributed by atoms with Crippen molar-refractivity contribution in [2.45, 2.75) is 111 Å².